The van der Waals surface area contributed by atoms with Crippen LogP contribution in [-0.4, -0.2) is 36.3 Å². The lowest BCUT2D eigenvalue weighted by Crippen LogP contribution is -2.47. The van der Waals surface area contributed by atoms with Gasteiger partial charge in [0.05, 0.1) is 6.61 Å². The van der Waals surface area contributed by atoms with Crippen molar-refractivity contribution in [2.45, 2.75) is 33.8 Å². The second-order valence-electron chi connectivity index (χ2n) is 6.77. The maximum Gasteiger partial charge on any atom is 0.279 e. The molecule has 0 aliphatic carbocycles. The normalized spacial score (nSPS) is 11.0. The minimum Gasteiger partial charge on any atom is -0.494 e. The summed E-state index contributed by atoms with van der Waals surface area (Å²) in [4.78, 5) is 47.5. The van der Waals surface area contributed by atoms with E-state index >= 15 is 0 Å². The van der Waals surface area contributed by atoms with E-state index in [9.17, 15) is 19.2 Å². The zero-order valence-electron chi connectivity index (χ0n) is 18.3. The quantitative estimate of drug-likeness (QED) is 0.463. The molecule has 10 heteroatoms. The van der Waals surface area contributed by atoms with Gasteiger partial charge in [0, 0.05) is 30.8 Å². The molecule has 2 aromatic carbocycles. The monoisotopic (exact) mass is 442 g/mol. The van der Waals surface area contributed by atoms with E-state index in [2.05, 4.69) is 21.5 Å². The van der Waals surface area contributed by atoms with Gasteiger partial charge in [0.1, 0.15) is 11.5 Å². The highest BCUT2D eigenvalue weighted by atomic mass is 16.5. The van der Waals surface area contributed by atoms with Crippen molar-refractivity contribution in [3.05, 3.63) is 48.0 Å². The number of rotatable bonds is 8. The second-order valence-corrected chi connectivity index (χ2v) is 6.77. The number of carbonyl (C=O) groups is 4. The Balaban J connectivity index is 1.99. The fraction of sp³-hybridized carbons (Fsp3) is 0.273. The third kappa shape index (κ3) is 7.63. The van der Waals surface area contributed by atoms with Crippen LogP contribution in [0.3, 0.4) is 0 Å². The Morgan fingerprint density at radius 3 is 1.88 bits per heavy atom. The van der Waals surface area contributed by atoms with E-state index in [-0.39, 0.29) is 17.4 Å². The molecule has 0 saturated carbocycles. The molecule has 2 rings (SSSR count). The predicted molar refractivity (Wildman–Crippen MR) is 118 cm³/mol. The zero-order chi connectivity index (χ0) is 23.7. The second kappa shape index (κ2) is 11.3. The number of hydrazine groups is 1. The Hall–Kier alpha value is -4.08. The van der Waals surface area contributed by atoms with Crippen LogP contribution in [0.25, 0.3) is 0 Å². The van der Waals surface area contributed by atoms with Crippen LogP contribution >= 0.6 is 0 Å². The van der Waals surface area contributed by atoms with E-state index in [1.807, 2.05) is 6.92 Å². The van der Waals surface area contributed by atoms with Crippen LogP contribution in [0.15, 0.2) is 42.5 Å². The van der Waals surface area contributed by atoms with Crippen molar-refractivity contribution >= 4 is 35.0 Å². The minimum atomic E-state index is -0.895. The van der Waals surface area contributed by atoms with Crippen molar-refractivity contribution in [1.29, 1.82) is 0 Å². The number of benzene rings is 2. The summed E-state index contributed by atoms with van der Waals surface area (Å²) < 4.78 is 10.9. The first kappa shape index (κ1) is 24.2. The van der Waals surface area contributed by atoms with E-state index < -0.39 is 17.9 Å². The smallest absolute Gasteiger partial charge is 0.279 e. The van der Waals surface area contributed by atoms with Gasteiger partial charge in [0.25, 0.3) is 11.8 Å². The standard InChI is InChI=1S/C22H26N4O6/c1-5-31-19-6-8-20(9-7-19)32-13(2)21(29)25-26-22(30)16-10-17(23-14(3)27)12-18(11-16)24-15(4)28/h6-13H,5H2,1-4H3,(H,23,27)(H,24,28)(H,25,29)(H,26,30)/t13-/m0/s1. The molecular weight excluding hydrogens is 416 g/mol. The summed E-state index contributed by atoms with van der Waals surface area (Å²) in [6.07, 6.45) is -0.895. The van der Waals surface area contributed by atoms with Gasteiger partial charge in [-0.05, 0) is 56.3 Å². The van der Waals surface area contributed by atoms with Crippen molar-refractivity contribution in [3.8, 4) is 11.5 Å². The first-order valence-electron chi connectivity index (χ1n) is 9.88. The van der Waals surface area contributed by atoms with E-state index in [0.717, 1.165) is 0 Å². The van der Waals surface area contributed by atoms with Gasteiger partial charge in [0.15, 0.2) is 6.10 Å². The largest absolute Gasteiger partial charge is 0.494 e. The Morgan fingerprint density at radius 1 is 0.844 bits per heavy atom. The van der Waals surface area contributed by atoms with Gasteiger partial charge in [-0.1, -0.05) is 0 Å². The number of amides is 4. The molecule has 0 saturated heterocycles. The number of carbonyl (C=O) groups excluding carboxylic acids is 4. The average Bonchev–Trinajstić information content (AvgIpc) is 2.72. The summed E-state index contributed by atoms with van der Waals surface area (Å²) in [5, 5.41) is 5.10. The fourth-order valence-corrected chi connectivity index (χ4v) is 2.64. The molecule has 0 heterocycles. The fourth-order valence-electron chi connectivity index (χ4n) is 2.64. The number of anilines is 2. The molecule has 0 aliphatic rings. The highest BCUT2D eigenvalue weighted by Gasteiger charge is 2.17. The summed E-state index contributed by atoms with van der Waals surface area (Å²) in [5.41, 5.74) is 5.32. The van der Waals surface area contributed by atoms with Crippen molar-refractivity contribution < 1.29 is 28.7 Å². The summed E-state index contributed by atoms with van der Waals surface area (Å²) >= 11 is 0. The molecule has 0 fully saturated rings. The predicted octanol–water partition coefficient (Wildman–Crippen LogP) is 2.23. The molecule has 4 N–H and O–H groups in total. The summed E-state index contributed by atoms with van der Waals surface area (Å²) in [6.45, 7) is 6.58. The third-order valence-corrected chi connectivity index (χ3v) is 3.95. The lowest BCUT2D eigenvalue weighted by molar-refractivity contribution is -0.128. The SMILES string of the molecule is CCOc1ccc(O[C@@H](C)C(=O)NNC(=O)c2cc(NC(C)=O)cc(NC(C)=O)c2)cc1. The molecule has 170 valence electrons. The van der Waals surface area contributed by atoms with Crippen LogP contribution in [0, 0.1) is 0 Å². The van der Waals surface area contributed by atoms with E-state index in [0.29, 0.717) is 29.5 Å². The number of ether oxygens (including phenoxy) is 2. The highest BCUT2D eigenvalue weighted by molar-refractivity contribution is 6.00. The van der Waals surface area contributed by atoms with Gasteiger partial charge >= 0.3 is 0 Å². The van der Waals surface area contributed by atoms with E-state index in [1.54, 1.807) is 24.3 Å². The first-order valence-corrected chi connectivity index (χ1v) is 9.88. The Kier molecular flexibility index (Phi) is 8.58. The molecule has 0 spiro atoms. The topological polar surface area (TPSA) is 135 Å². The molecule has 0 unspecified atom stereocenters. The number of hydrogen-bond donors (Lipinski definition) is 4. The number of hydrogen-bond acceptors (Lipinski definition) is 6. The Morgan fingerprint density at radius 2 is 1.38 bits per heavy atom. The summed E-state index contributed by atoms with van der Waals surface area (Å²) in [7, 11) is 0. The van der Waals surface area contributed by atoms with Gasteiger partial charge in [0.2, 0.25) is 11.8 Å². The molecule has 1 atom stereocenters. The third-order valence-electron chi connectivity index (χ3n) is 3.95. The average molecular weight is 442 g/mol. The summed E-state index contributed by atoms with van der Waals surface area (Å²) in [5.74, 6) is -0.762. The van der Waals surface area contributed by atoms with Crippen LogP contribution in [0.2, 0.25) is 0 Å². The molecule has 2 aromatic rings. The van der Waals surface area contributed by atoms with Crippen molar-refractivity contribution in [3.63, 3.8) is 0 Å². The molecule has 0 radical (unpaired) electrons. The van der Waals surface area contributed by atoms with Crippen LogP contribution in [-0.2, 0) is 14.4 Å². The van der Waals surface area contributed by atoms with Crippen molar-refractivity contribution in [2.24, 2.45) is 0 Å². The maximum absolute atomic E-state index is 12.5. The summed E-state index contributed by atoms with van der Waals surface area (Å²) in [6, 6.07) is 11.1. The Bertz CT molecular complexity index is 956. The molecule has 0 bridgehead atoms. The molecule has 10 nitrogen and oxygen atoms in total. The first-order chi connectivity index (χ1) is 15.2. The van der Waals surface area contributed by atoms with Crippen LogP contribution in [0.5, 0.6) is 11.5 Å². The van der Waals surface area contributed by atoms with Crippen molar-refractivity contribution in [1.82, 2.24) is 10.9 Å². The van der Waals surface area contributed by atoms with E-state index in [4.69, 9.17) is 9.47 Å². The lowest BCUT2D eigenvalue weighted by atomic mass is 10.1. The van der Waals surface area contributed by atoms with Gasteiger partial charge in [-0.3, -0.25) is 30.0 Å². The van der Waals surface area contributed by atoms with Crippen molar-refractivity contribution in [2.75, 3.05) is 17.2 Å². The molecule has 0 aliphatic heterocycles. The molecule has 32 heavy (non-hydrogen) atoms. The highest BCUT2D eigenvalue weighted by Crippen LogP contribution is 2.20. The van der Waals surface area contributed by atoms with Gasteiger partial charge in [-0.15, -0.1) is 0 Å². The number of nitrogens with one attached hydrogen (secondary N) is 4. The van der Waals surface area contributed by atoms with Gasteiger partial charge in [-0.2, -0.15) is 0 Å². The van der Waals surface area contributed by atoms with E-state index in [1.165, 1.54) is 39.0 Å². The molecule has 4 amide bonds. The molecule has 0 aromatic heterocycles. The van der Waals surface area contributed by atoms with Gasteiger partial charge in [-0.25, -0.2) is 0 Å². The Labute approximate surface area is 185 Å². The van der Waals surface area contributed by atoms with Crippen LogP contribution in [0.1, 0.15) is 38.1 Å². The van der Waals surface area contributed by atoms with Gasteiger partial charge < -0.3 is 20.1 Å². The van der Waals surface area contributed by atoms with Crippen LogP contribution in [0.4, 0.5) is 11.4 Å². The lowest BCUT2D eigenvalue weighted by Gasteiger charge is -2.16. The molecular formula is C22H26N4O6. The maximum atomic E-state index is 12.5. The zero-order valence-corrected chi connectivity index (χ0v) is 18.3. The minimum absolute atomic E-state index is 0.111. The van der Waals surface area contributed by atoms with Crippen LogP contribution < -0.4 is 31.0 Å².